The van der Waals surface area contributed by atoms with Crippen LogP contribution in [0, 0.1) is 0 Å². The summed E-state index contributed by atoms with van der Waals surface area (Å²) in [7, 11) is 1.63. The minimum atomic E-state index is -0.160. The summed E-state index contributed by atoms with van der Waals surface area (Å²) in [5.41, 5.74) is 6.66. The van der Waals surface area contributed by atoms with Crippen molar-refractivity contribution in [2.45, 2.75) is 0 Å². The first-order valence-electron chi connectivity index (χ1n) is 4.82. The van der Waals surface area contributed by atoms with Crippen molar-refractivity contribution in [1.29, 1.82) is 0 Å². The van der Waals surface area contributed by atoms with Crippen molar-refractivity contribution < 1.29 is 9.90 Å². The first-order valence-corrected chi connectivity index (χ1v) is 5.23. The number of hydrogen-bond donors (Lipinski definition) is 2. The summed E-state index contributed by atoms with van der Waals surface area (Å²) in [5, 5.41) is 8.74. The molecule has 0 saturated carbocycles. The van der Waals surface area contributed by atoms with Crippen LogP contribution in [0.3, 0.4) is 0 Å². The Bertz CT molecular complexity index is 407. The highest BCUT2D eigenvalue weighted by Crippen LogP contribution is 2.07. The van der Waals surface area contributed by atoms with E-state index >= 15 is 0 Å². The average Bonchev–Trinajstić information content (AvgIpc) is 2.28. The van der Waals surface area contributed by atoms with Gasteiger partial charge < -0.3 is 15.7 Å². The molecule has 1 aromatic rings. The van der Waals surface area contributed by atoms with Crippen LogP contribution in [0.2, 0.25) is 0 Å². The predicted molar refractivity (Wildman–Crippen MR) is 66.4 cm³/mol. The summed E-state index contributed by atoms with van der Waals surface area (Å²) in [5.74, 6) is -0.160. The van der Waals surface area contributed by atoms with Gasteiger partial charge in [0.1, 0.15) is 4.99 Å². The Morgan fingerprint density at radius 1 is 1.50 bits per heavy atom. The third-order valence-electron chi connectivity index (χ3n) is 2.18. The van der Waals surface area contributed by atoms with Crippen molar-refractivity contribution in [3.05, 3.63) is 35.4 Å². The van der Waals surface area contributed by atoms with Gasteiger partial charge >= 0.3 is 0 Å². The van der Waals surface area contributed by atoms with E-state index in [1.807, 2.05) is 0 Å². The second kappa shape index (κ2) is 5.58. The molecule has 4 nitrogen and oxygen atoms in total. The van der Waals surface area contributed by atoms with Crippen molar-refractivity contribution >= 4 is 23.1 Å². The molecule has 16 heavy (non-hydrogen) atoms. The molecular weight excluding hydrogens is 224 g/mol. The molecule has 86 valence electrons. The Hall–Kier alpha value is -1.46. The van der Waals surface area contributed by atoms with E-state index in [9.17, 15) is 4.79 Å². The van der Waals surface area contributed by atoms with E-state index in [0.717, 1.165) is 0 Å². The molecule has 0 saturated heterocycles. The quantitative estimate of drug-likeness (QED) is 0.744. The van der Waals surface area contributed by atoms with Crippen LogP contribution >= 0.6 is 12.2 Å². The zero-order valence-corrected chi connectivity index (χ0v) is 9.83. The highest BCUT2D eigenvalue weighted by atomic mass is 32.1. The van der Waals surface area contributed by atoms with E-state index in [0.29, 0.717) is 17.7 Å². The number of aliphatic hydroxyl groups is 1. The number of thiocarbonyl (C=S) groups is 1. The zero-order valence-electron chi connectivity index (χ0n) is 9.01. The molecule has 1 rings (SSSR count). The highest BCUT2D eigenvalue weighted by Gasteiger charge is 2.11. The molecule has 0 spiro atoms. The van der Waals surface area contributed by atoms with E-state index in [1.54, 1.807) is 31.3 Å². The molecule has 0 aliphatic carbocycles. The van der Waals surface area contributed by atoms with Crippen molar-refractivity contribution in [2.24, 2.45) is 5.73 Å². The molecule has 0 aliphatic rings. The molecule has 0 aromatic heterocycles. The lowest BCUT2D eigenvalue weighted by Gasteiger charge is -2.15. The fourth-order valence-electron chi connectivity index (χ4n) is 1.28. The molecule has 0 radical (unpaired) electrons. The molecule has 0 aliphatic heterocycles. The van der Waals surface area contributed by atoms with Gasteiger partial charge in [-0.2, -0.15) is 0 Å². The SMILES string of the molecule is CN(CCO)C(=O)c1cccc(C(N)=S)c1. The lowest BCUT2D eigenvalue weighted by molar-refractivity contribution is 0.0767. The number of carbonyl (C=O) groups excluding carboxylic acids is 1. The van der Waals surface area contributed by atoms with Gasteiger partial charge in [-0.05, 0) is 12.1 Å². The van der Waals surface area contributed by atoms with Gasteiger partial charge in [0.25, 0.3) is 5.91 Å². The Morgan fingerprint density at radius 3 is 2.69 bits per heavy atom. The Morgan fingerprint density at radius 2 is 2.12 bits per heavy atom. The Kier molecular flexibility index (Phi) is 4.39. The number of nitrogens with zero attached hydrogens (tertiary/aromatic N) is 1. The van der Waals surface area contributed by atoms with Crippen LogP contribution in [0.1, 0.15) is 15.9 Å². The third kappa shape index (κ3) is 3.01. The zero-order chi connectivity index (χ0) is 12.1. The van der Waals surface area contributed by atoms with Crippen LogP contribution in [0.5, 0.6) is 0 Å². The molecule has 0 fully saturated rings. The van der Waals surface area contributed by atoms with Gasteiger partial charge in [0.2, 0.25) is 0 Å². The van der Waals surface area contributed by atoms with Crippen LogP contribution < -0.4 is 5.73 Å². The number of benzene rings is 1. The second-order valence-electron chi connectivity index (χ2n) is 3.40. The molecule has 5 heteroatoms. The van der Waals surface area contributed by atoms with Crippen LogP contribution in [0.25, 0.3) is 0 Å². The van der Waals surface area contributed by atoms with Gasteiger partial charge in [0.15, 0.2) is 0 Å². The van der Waals surface area contributed by atoms with Crippen LogP contribution in [0.15, 0.2) is 24.3 Å². The van der Waals surface area contributed by atoms with Crippen molar-refractivity contribution in [1.82, 2.24) is 4.90 Å². The molecule has 1 aromatic carbocycles. The number of hydrogen-bond acceptors (Lipinski definition) is 3. The van der Waals surface area contributed by atoms with E-state index in [4.69, 9.17) is 23.1 Å². The van der Waals surface area contributed by atoms with Gasteiger partial charge in [-0.3, -0.25) is 4.79 Å². The smallest absolute Gasteiger partial charge is 0.253 e. The summed E-state index contributed by atoms with van der Waals surface area (Å²) in [6, 6.07) is 6.83. The fraction of sp³-hybridized carbons (Fsp3) is 0.273. The summed E-state index contributed by atoms with van der Waals surface area (Å²) >= 11 is 4.84. The number of likely N-dealkylation sites (N-methyl/N-ethyl adjacent to an activating group) is 1. The largest absolute Gasteiger partial charge is 0.395 e. The van der Waals surface area contributed by atoms with Gasteiger partial charge in [-0.1, -0.05) is 24.4 Å². The maximum Gasteiger partial charge on any atom is 0.253 e. The number of amides is 1. The maximum atomic E-state index is 11.8. The van der Waals surface area contributed by atoms with Crippen LogP contribution in [-0.2, 0) is 0 Å². The summed E-state index contributed by atoms with van der Waals surface area (Å²) in [6.07, 6.45) is 0. The molecule has 0 unspecified atom stereocenters. The van der Waals surface area contributed by atoms with E-state index in [-0.39, 0.29) is 17.5 Å². The lowest BCUT2D eigenvalue weighted by atomic mass is 10.1. The van der Waals surface area contributed by atoms with Gasteiger partial charge in [0, 0.05) is 24.7 Å². The normalized spacial score (nSPS) is 9.88. The van der Waals surface area contributed by atoms with Gasteiger partial charge in [-0.15, -0.1) is 0 Å². The summed E-state index contributed by atoms with van der Waals surface area (Å²) in [6.45, 7) is 0.243. The minimum absolute atomic E-state index is 0.0583. The Labute approximate surface area is 99.7 Å². The molecule has 0 bridgehead atoms. The molecular formula is C11H14N2O2S. The molecule has 0 heterocycles. The number of aliphatic hydroxyl groups excluding tert-OH is 1. The van der Waals surface area contributed by atoms with Crippen molar-refractivity contribution in [3.63, 3.8) is 0 Å². The monoisotopic (exact) mass is 238 g/mol. The topological polar surface area (TPSA) is 66.6 Å². The standard InChI is InChI=1S/C11H14N2O2S/c1-13(5-6-14)11(15)9-4-2-3-8(7-9)10(12)16/h2-4,7,14H,5-6H2,1H3,(H2,12,16). The van der Waals surface area contributed by atoms with Crippen molar-refractivity contribution in [2.75, 3.05) is 20.2 Å². The number of carbonyl (C=O) groups is 1. The molecule has 1 amide bonds. The van der Waals surface area contributed by atoms with E-state index in [2.05, 4.69) is 0 Å². The number of nitrogens with two attached hydrogens (primary N) is 1. The van der Waals surface area contributed by atoms with Crippen molar-refractivity contribution in [3.8, 4) is 0 Å². The first kappa shape index (κ1) is 12.6. The summed E-state index contributed by atoms with van der Waals surface area (Å²) < 4.78 is 0. The van der Waals surface area contributed by atoms with Gasteiger partial charge in [-0.25, -0.2) is 0 Å². The molecule has 0 atom stereocenters. The fourth-order valence-corrected chi connectivity index (χ4v) is 1.40. The summed E-state index contributed by atoms with van der Waals surface area (Å²) in [4.78, 5) is 13.5. The van der Waals surface area contributed by atoms with E-state index in [1.165, 1.54) is 4.90 Å². The lowest BCUT2D eigenvalue weighted by Crippen LogP contribution is -2.29. The predicted octanol–water partition coefficient (Wildman–Crippen LogP) is 0.385. The second-order valence-corrected chi connectivity index (χ2v) is 3.84. The first-order chi connectivity index (χ1) is 7.56. The highest BCUT2D eigenvalue weighted by molar-refractivity contribution is 7.80. The molecule has 3 N–H and O–H groups in total. The Balaban J connectivity index is 2.91. The minimum Gasteiger partial charge on any atom is -0.395 e. The van der Waals surface area contributed by atoms with E-state index < -0.39 is 0 Å². The average molecular weight is 238 g/mol. The van der Waals surface area contributed by atoms with Gasteiger partial charge in [0.05, 0.1) is 6.61 Å². The third-order valence-corrected chi connectivity index (χ3v) is 2.41. The van der Waals surface area contributed by atoms with Crippen LogP contribution in [-0.4, -0.2) is 41.1 Å². The number of rotatable bonds is 4. The maximum absolute atomic E-state index is 11.8. The van der Waals surface area contributed by atoms with Crippen LogP contribution in [0.4, 0.5) is 0 Å².